The van der Waals surface area contributed by atoms with Crippen LogP contribution in [0.4, 0.5) is 5.82 Å². The quantitative estimate of drug-likeness (QED) is 0.733. The minimum atomic E-state index is 0.170. The zero-order valence-corrected chi connectivity index (χ0v) is 18.0. The van der Waals surface area contributed by atoms with Crippen molar-refractivity contribution in [3.63, 3.8) is 0 Å². The van der Waals surface area contributed by atoms with Crippen LogP contribution in [0.2, 0.25) is 5.02 Å². The molecule has 0 aromatic carbocycles. The molecule has 3 saturated heterocycles. The molecule has 1 aromatic rings. The van der Waals surface area contributed by atoms with E-state index in [1.165, 1.54) is 13.0 Å². The maximum Gasteiger partial charge on any atom is 0.225 e. The minimum Gasteiger partial charge on any atom is -0.379 e. The monoisotopic (exact) mass is 420 g/mol. The second-order valence-corrected chi connectivity index (χ2v) is 9.04. The maximum absolute atomic E-state index is 13.0. The van der Waals surface area contributed by atoms with Gasteiger partial charge in [0.1, 0.15) is 5.82 Å². The van der Waals surface area contributed by atoms with Crippen molar-refractivity contribution < 1.29 is 9.53 Å². The smallest absolute Gasteiger partial charge is 0.225 e. The van der Waals surface area contributed by atoms with Crippen molar-refractivity contribution in [3.05, 3.63) is 23.4 Å². The normalized spacial score (nSPS) is 22.8. The first-order chi connectivity index (χ1) is 14.2. The molecule has 4 heterocycles. The molecule has 0 spiro atoms. The predicted molar refractivity (Wildman–Crippen MR) is 115 cm³/mol. The summed E-state index contributed by atoms with van der Waals surface area (Å²) in [5.41, 5.74) is 0. The van der Waals surface area contributed by atoms with Crippen LogP contribution in [0.3, 0.4) is 0 Å². The third-order valence-electron chi connectivity index (χ3n) is 6.76. The van der Waals surface area contributed by atoms with Gasteiger partial charge in [0.15, 0.2) is 0 Å². The highest BCUT2D eigenvalue weighted by Crippen LogP contribution is 2.27. The fraction of sp³-hybridized carbons (Fsp3) is 0.727. The van der Waals surface area contributed by atoms with Crippen molar-refractivity contribution in [1.29, 1.82) is 0 Å². The van der Waals surface area contributed by atoms with Gasteiger partial charge in [-0.25, -0.2) is 4.98 Å². The Morgan fingerprint density at radius 2 is 1.76 bits per heavy atom. The summed E-state index contributed by atoms with van der Waals surface area (Å²) in [7, 11) is 0. The second-order valence-electron chi connectivity index (χ2n) is 8.61. The molecule has 160 valence electrons. The Balaban J connectivity index is 1.17. The molecule has 0 unspecified atom stereocenters. The van der Waals surface area contributed by atoms with E-state index in [9.17, 15) is 4.79 Å². The number of pyridine rings is 1. The van der Waals surface area contributed by atoms with Gasteiger partial charge >= 0.3 is 0 Å². The summed E-state index contributed by atoms with van der Waals surface area (Å²) in [6.45, 7) is 8.72. The zero-order chi connectivity index (χ0) is 20.1. The van der Waals surface area contributed by atoms with Crippen LogP contribution in [0.15, 0.2) is 18.3 Å². The number of carbonyl (C=O) groups excluding carboxylic acids is 1. The Kier molecular flexibility index (Phi) is 7.27. The topological polar surface area (TPSA) is 48.9 Å². The molecule has 4 rings (SSSR count). The van der Waals surface area contributed by atoms with Crippen molar-refractivity contribution in [2.45, 2.75) is 32.1 Å². The number of carbonyl (C=O) groups is 1. The van der Waals surface area contributed by atoms with E-state index in [0.29, 0.717) is 10.9 Å². The number of rotatable bonds is 5. The first-order valence-corrected chi connectivity index (χ1v) is 11.5. The highest BCUT2D eigenvalue weighted by Gasteiger charge is 2.31. The summed E-state index contributed by atoms with van der Waals surface area (Å²) in [6, 6.07) is 3.84. The average molecular weight is 421 g/mol. The predicted octanol–water partition coefficient (Wildman–Crippen LogP) is 2.91. The standard InChI is InChI=1S/C22H33ClN4O2/c23-20-1-2-21(24-17-20)26-11-6-19(7-12-26)22(28)27-9-4-18(5-10-27)3-8-25-13-15-29-16-14-25/h1-2,17-19H,3-16H2. The fourth-order valence-corrected chi connectivity index (χ4v) is 4.91. The van der Waals surface area contributed by atoms with Crippen LogP contribution >= 0.6 is 11.6 Å². The molecular formula is C22H33ClN4O2. The number of likely N-dealkylation sites (tertiary alicyclic amines) is 1. The number of aromatic nitrogens is 1. The number of morpholine rings is 1. The molecule has 0 bridgehead atoms. The molecule has 1 aromatic heterocycles. The SMILES string of the molecule is O=C(C1CCN(c2ccc(Cl)cn2)CC1)N1CCC(CCN2CCOCC2)CC1. The summed E-state index contributed by atoms with van der Waals surface area (Å²) in [5.74, 6) is 2.27. The summed E-state index contributed by atoms with van der Waals surface area (Å²) in [5, 5.41) is 0.659. The van der Waals surface area contributed by atoms with Crippen LogP contribution in [0, 0.1) is 11.8 Å². The molecule has 6 nitrogen and oxygen atoms in total. The Morgan fingerprint density at radius 1 is 1.03 bits per heavy atom. The molecule has 0 aliphatic carbocycles. The van der Waals surface area contributed by atoms with Crippen molar-refractivity contribution in [3.8, 4) is 0 Å². The molecule has 0 atom stereocenters. The van der Waals surface area contributed by atoms with Crippen molar-refractivity contribution in [1.82, 2.24) is 14.8 Å². The van der Waals surface area contributed by atoms with Crippen LogP contribution in [0.1, 0.15) is 32.1 Å². The summed E-state index contributed by atoms with van der Waals surface area (Å²) in [6.07, 6.45) is 7.10. The zero-order valence-electron chi connectivity index (χ0n) is 17.3. The van der Waals surface area contributed by atoms with Gasteiger partial charge in [-0.3, -0.25) is 9.69 Å². The first-order valence-electron chi connectivity index (χ1n) is 11.1. The third-order valence-corrected chi connectivity index (χ3v) is 6.99. The maximum atomic E-state index is 13.0. The van der Waals surface area contributed by atoms with Crippen molar-refractivity contribution >= 4 is 23.3 Å². The molecule has 3 aliphatic heterocycles. The number of amides is 1. The number of hydrogen-bond acceptors (Lipinski definition) is 5. The molecule has 1 amide bonds. The largest absolute Gasteiger partial charge is 0.379 e. The number of nitrogens with zero attached hydrogens (tertiary/aromatic N) is 4. The van der Waals surface area contributed by atoms with E-state index in [1.807, 2.05) is 12.1 Å². The summed E-state index contributed by atoms with van der Waals surface area (Å²) >= 11 is 5.93. The molecule has 0 radical (unpaired) electrons. The first kappa shape index (κ1) is 20.9. The van der Waals surface area contributed by atoms with Gasteiger partial charge in [-0.2, -0.15) is 0 Å². The Morgan fingerprint density at radius 3 is 2.41 bits per heavy atom. The highest BCUT2D eigenvalue weighted by molar-refractivity contribution is 6.30. The van der Waals surface area contributed by atoms with E-state index in [0.717, 1.165) is 89.9 Å². The van der Waals surface area contributed by atoms with E-state index in [2.05, 4.69) is 19.7 Å². The summed E-state index contributed by atoms with van der Waals surface area (Å²) in [4.78, 5) is 24.3. The van der Waals surface area contributed by atoms with Gasteiger partial charge < -0.3 is 14.5 Å². The van der Waals surface area contributed by atoms with Crippen LogP contribution in [-0.4, -0.2) is 79.7 Å². The van der Waals surface area contributed by atoms with Gasteiger partial charge in [0.05, 0.1) is 18.2 Å². The molecule has 0 N–H and O–H groups in total. The summed E-state index contributed by atoms with van der Waals surface area (Å²) < 4.78 is 5.43. The van der Waals surface area contributed by atoms with Crippen molar-refractivity contribution in [2.24, 2.45) is 11.8 Å². The highest BCUT2D eigenvalue weighted by atomic mass is 35.5. The van der Waals surface area contributed by atoms with E-state index in [4.69, 9.17) is 16.3 Å². The number of ether oxygens (including phenoxy) is 1. The third kappa shape index (κ3) is 5.62. The number of anilines is 1. The van der Waals surface area contributed by atoms with Gasteiger partial charge in [-0.05, 0) is 56.7 Å². The Labute approximate surface area is 179 Å². The lowest BCUT2D eigenvalue weighted by atomic mass is 9.90. The van der Waals surface area contributed by atoms with Crippen LogP contribution < -0.4 is 4.90 Å². The lowest BCUT2D eigenvalue weighted by Crippen LogP contribution is -2.46. The van der Waals surface area contributed by atoms with Crippen LogP contribution in [0.25, 0.3) is 0 Å². The Bertz CT molecular complexity index is 649. The number of piperidine rings is 2. The van der Waals surface area contributed by atoms with E-state index in [1.54, 1.807) is 6.20 Å². The average Bonchev–Trinajstić information content (AvgIpc) is 2.79. The number of halogens is 1. The van der Waals surface area contributed by atoms with Crippen LogP contribution in [-0.2, 0) is 9.53 Å². The number of hydrogen-bond donors (Lipinski definition) is 0. The Hall–Kier alpha value is -1.37. The van der Waals surface area contributed by atoms with E-state index < -0.39 is 0 Å². The van der Waals surface area contributed by atoms with Gasteiger partial charge in [0, 0.05) is 51.4 Å². The van der Waals surface area contributed by atoms with Crippen LogP contribution in [0.5, 0.6) is 0 Å². The van der Waals surface area contributed by atoms with E-state index in [-0.39, 0.29) is 5.92 Å². The second kappa shape index (κ2) is 10.1. The van der Waals surface area contributed by atoms with Gasteiger partial charge in [-0.1, -0.05) is 11.6 Å². The molecule has 7 heteroatoms. The van der Waals surface area contributed by atoms with Gasteiger partial charge in [0.2, 0.25) is 5.91 Å². The lowest BCUT2D eigenvalue weighted by Gasteiger charge is -2.38. The lowest BCUT2D eigenvalue weighted by molar-refractivity contribution is -0.137. The molecule has 3 aliphatic rings. The molecule has 3 fully saturated rings. The molecule has 29 heavy (non-hydrogen) atoms. The van der Waals surface area contributed by atoms with Crippen molar-refractivity contribution in [2.75, 3.05) is 63.9 Å². The fourth-order valence-electron chi connectivity index (χ4n) is 4.80. The molecule has 0 saturated carbocycles. The van der Waals surface area contributed by atoms with E-state index >= 15 is 0 Å². The van der Waals surface area contributed by atoms with Gasteiger partial charge in [-0.15, -0.1) is 0 Å². The van der Waals surface area contributed by atoms with Gasteiger partial charge in [0.25, 0.3) is 0 Å². The minimum absolute atomic E-state index is 0.170. The molecular weight excluding hydrogens is 388 g/mol.